The van der Waals surface area contributed by atoms with Gasteiger partial charge in [-0.25, -0.2) is 0 Å². The van der Waals surface area contributed by atoms with Gasteiger partial charge in [0.25, 0.3) is 0 Å². The number of nitrogens with one attached hydrogen (secondary N) is 2. The van der Waals surface area contributed by atoms with E-state index < -0.39 is 6.29 Å². The Hall–Kier alpha value is -3.73. The molecular weight excluding hydrogens is 520 g/mol. The summed E-state index contributed by atoms with van der Waals surface area (Å²) >= 11 is 5.58. The van der Waals surface area contributed by atoms with Crippen molar-refractivity contribution in [3.8, 4) is 28.7 Å². The highest BCUT2D eigenvalue weighted by molar-refractivity contribution is 7.80. The standard InChI is InChI=1S/C29H34N2O7S/c1-6-12-36-26-21(31-29(39)30-20-10-8-7-9-11-20)13-19(16-22(26)32-2)28-37-17-25(38-28)18-14-23(33-3)27(35-5)24(15-18)34-4/h7-11,13-16,25,28H,6,12,17H2,1-5H3,(H2,30,31,39)/t25-,28+/m1/s1. The Bertz CT molecular complexity index is 1250. The van der Waals surface area contributed by atoms with Gasteiger partial charge >= 0.3 is 0 Å². The summed E-state index contributed by atoms with van der Waals surface area (Å²) in [5.41, 5.74) is 3.09. The molecule has 0 saturated carbocycles. The van der Waals surface area contributed by atoms with Crippen LogP contribution in [-0.4, -0.2) is 46.8 Å². The maximum absolute atomic E-state index is 6.34. The van der Waals surface area contributed by atoms with Gasteiger partial charge in [0.2, 0.25) is 5.75 Å². The van der Waals surface area contributed by atoms with Gasteiger partial charge < -0.3 is 43.8 Å². The molecule has 3 aromatic rings. The molecule has 1 heterocycles. The molecule has 0 amide bonds. The van der Waals surface area contributed by atoms with Crippen molar-refractivity contribution in [3.63, 3.8) is 0 Å². The third-order valence-corrected chi connectivity index (χ3v) is 6.25. The monoisotopic (exact) mass is 554 g/mol. The van der Waals surface area contributed by atoms with Crippen LogP contribution in [0.1, 0.15) is 36.9 Å². The molecule has 4 rings (SSSR count). The number of para-hydroxylation sites is 1. The maximum Gasteiger partial charge on any atom is 0.203 e. The van der Waals surface area contributed by atoms with Crippen LogP contribution in [-0.2, 0) is 9.47 Å². The number of rotatable bonds is 11. The minimum Gasteiger partial charge on any atom is -0.493 e. The molecule has 1 aliphatic rings. The van der Waals surface area contributed by atoms with E-state index in [1.165, 1.54) is 0 Å². The number of anilines is 2. The van der Waals surface area contributed by atoms with Gasteiger partial charge in [-0.05, 0) is 60.6 Å². The number of methoxy groups -OCH3 is 4. The zero-order chi connectivity index (χ0) is 27.8. The van der Waals surface area contributed by atoms with Crippen molar-refractivity contribution in [2.45, 2.75) is 25.7 Å². The summed E-state index contributed by atoms with van der Waals surface area (Å²) in [6.07, 6.45) is -0.176. The minimum atomic E-state index is -0.653. The lowest BCUT2D eigenvalue weighted by Crippen LogP contribution is -2.20. The molecular formula is C29H34N2O7S. The van der Waals surface area contributed by atoms with Crippen LogP contribution in [0.15, 0.2) is 54.6 Å². The predicted octanol–water partition coefficient (Wildman–Crippen LogP) is 6.11. The van der Waals surface area contributed by atoms with Gasteiger partial charge in [-0.1, -0.05) is 25.1 Å². The first-order chi connectivity index (χ1) is 19.0. The van der Waals surface area contributed by atoms with Crippen LogP contribution < -0.4 is 34.3 Å². The van der Waals surface area contributed by atoms with Gasteiger partial charge in [-0.15, -0.1) is 0 Å². The summed E-state index contributed by atoms with van der Waals surface area (Å²) in [4.78, 5) is 0. The molecule has 0 aliphatic carbocycles. The molecule has 1 aliphatic heterocycles. The fourth-order valence-electron chi connectivity index (χ4n) is 4.20. The predicted molar refractivity (Wildman–Crippen MR) is 154 cm³/mol. The lowest BCUT2D eigenvalue weighted by Gasteiger charge is -2.21. The molecule has 1 saturated heterocycles. The maximum atomic E-state index is 6.34. The molecule has 1 fully saturated rings. The topological polar surface area (TPSA) is 88.7 Å². The molecule has 0 unspecified atom stereocenters. The van der Waals surface area contributed by atoms with E-state index in [1.54, 1.807) is 28.4 Å². The largest absolute Gasteiger partial charge is 0.493 e. The van der Waals surface area contributed by atoms with Gasteiger partial charge in [-0.2, -0.15) is 0 Å². The Kier molecular flexibility index (Phi) is 9.69. The van der Waals surface area contributed by atoms with E-state index in [-0.39, 0.29) is 6.10 Å². The zero-order valence-corrected chi connectivity index (χ0v) is 23.6. The third kappa shape index (κ3) is 6.65. The highest BCUT2D eigenvalue weighted by Gasteiger charge is 2.32. The van der Waals surface area contributed by atoms with Crippen molar-refractivity contribution >= 4 is 28.7 Å². The number of thiocarbonyl (C=S) groups is 1. The molecule has 2 N–H and O–H groups in total. The fourth-order valence-corrected chi connectivity index (χ4v) is 4.43. The number of hydrogen-bond donors (Lipinski definition) is 2. The second kappa shape index (κ2) is 13.4. The summed E-state index contributed by atoms with van der Waals surface area (Å²) < 4.78 is 40.6. The van der Waals surface area contributed by atoms with Gasteiger partial charge in [-0.3, -0.25) is 0 Å². The molecule has 3 aromatic carbocycles. The van der Waals surface area contributed by atoms with Gasteiger partial charge in [0, 0.05) is 11.3 Å². The van der Waals surface area contributed by atoms with Crippen LogP contribution in [0.2, 0.25) is 0 Å². The van der Waals surface area contributed by atoms with Gasteiger partial charge in [0.1, 0.15) is 6.10 Å². The van der Waals surface area contributed by atoms with E-state index in [1.807, 2.05) is 61.5 Å². The quantitative estimate of drug-likeness (QED) is 0.271. The highest BCUT2D eigenvalue weighted by Crippen LogP contribution is 2.45. The lowest BCUT2D eigenvalue weighted by molar-refractivity contribution is -0.0609. The van der Waals surface area contributed by atoms with Crippen molar-refractivity contribution in [2.75, 3.05) is 52.3 Å². The first-order valence-corrected chi connectivity index (χ1v) is 13.0. The van der Waals surface area contributed by atoms with Crippen molar-refractivity contribution in [2.24, 2.45) is 0 Å². The summed E-state index contributed by atoms with van der Waals surface area (Å²) in [6.45, 7) is 2.89. The summed E-state index contributed by atoms with van der Waals surface area (Å²) in [7, 11) is 6.32. The first-order valence-electron chi connectivity index (χ1n) is 12.6. The molecule has 0 radical (unpaired) electrons. The van der Waals surface area contributed by atoms with Gasteiger partial charge in [0.05, 0.1) is 47.3 Å². The normalized spacial score (nSPS) is 16.3. The first kappa shape index (κ1) is 28.3. The highest BCUT2D eigenvalue weighted by atomic mass is 32.1. The van der Waals surface area contributed by atoms with Crippen molar-refractivity contribution < 1.29 is 33.2 Å². The van der Waals surface area contributed by atoms with E-state index in [4.69, 9.17) is 45.4 Å². The third-order valence-electron chi connectivity index (χ3n) is 6.05. The van der Waals surface area contributed by atoms with Crippen LogP contribution in [0.5, 0.6) is 28.7 Å². The molecule has 0 bridgehead atoms. The number of hydrogen-bond acceptors (Lipinski definition) is 8. The smallest absolute Gasteiger partial charge is 0.203 e. The molecule has 0 spiro atoms. The Balaban J connectivity index is 1.60. The molecule has 9 nitrogen and oxygen atoms in total. The van der Waals surface area contributed by atoms with Crippen LogP contribution in [0.3, 0.4) is 0 Å². The Labute approximate surface area is 234 Å². The SMILES string of the molecule is CCCOc1c(NC(=S)Nc2ccccc2)cc([C@H]2OC[C@H](c3cc(OC)c(OC)c(OC)c3)O2)cc1OC. The molecule has 39 heavy (non-hydrogen) atoms. The second-order valence-corrected chi connectivity index (χ2v) is 9.05. The summed E-state index contributed by atoms with van der Waals surface area (Å²) in [5, 5.41) is 6.84. The van der Waals surface area contributed by atoms with Gasteiger partial charge in [0.15, 0.2) is 34.4 Å². The molecule has 10 heteroatoms. The zero-order valence-electron chi connectivity index (χ0n) is 22.7. The second-order valence-electron chi connectivity index (χ2n) is 8.64. The van der Waals surface area contributed by atoms with E-state index >= 15 is 0 Å². The lowest BCUT2D eigenvalue weighted by atomic mass is 10.1. The number of benzene rings is 3. The number of ether oxygens (including phenoxy) is 7. The van der Waals surface area contributed by atoms with Crippen molar-refractivity contribution in [3.05, 3.63) is 65.7 Å². The molecule has 2 atom stereocenters. The van der Waals surface area contributed by atoms with Crippen molar-refractivity contribution in [1.82, 2.24) is 0 Å². The summed E-state index contributed by atoms with van der Waals surface area (Å²) in [5.74, 6) is 2.70. The van der Waals surface area contributed by atoms with Crippen molar-refractivity contribution in [1.29, 1.82) is 0 Å². The Morgan fingerprint density at radius 3 is 2.10 bits per heavy atom. The molecule has 208 valence electrons. The van der Waals surface area contributed by atoms with Crippen LogP contribution >= 0.6 is 12.2 Å². The van der Waals surface area contributed by atoms with E-state index in [0.29, 0.717) is 52.8 Å². The minimum absolute atomic E-state index is 0.330. The Morgan fingerprint density at radius 2 is 1.49 bits per heavy atom. The van der Waals surface area contributed by atoms with E-state index in [2.05, 4.69) is 10.6 Å². The fraction of sp³-hybridized carbons (Fsp3) is 0.345. The van der Waals surface area contributed by atoms with Crippen LogP contribution in [0.4, 0.5) is 11.4 Å². The van der Waals surface area contributed by atoms with E-state index in [0.717, 1.165) is 23.2 Å². The Morgan fingerprint density at radius 1 is 0.846 bits per heavy atom. The summed E-state index contributed by atoms with van der Waals surface area (Å²) in [6, 6.07) is 17.2. The van der Waals surface area contributed by atoms with E-state index in [9.17, 15) is 0 Å². The van der Waals surface area contributed by atoms with Crippen LogP contribution in [0.25, 0.3) is 0 Å². The molecule has 0 aromatic heterocycles. The average molecular weight is 555 g/mol. The average Bonchev–Trinajstić information content (AvgIpc) is 3.46. The van der Waals surface area contributed by atoms with Crippen LogP contribution in [0, 0.1) is 0 Å².